The summed E-state index contributed by atoms with van der Waals surface area (Å²) in [4.78, 5) is 8.16. The minimum atomic E-state index is 0.287. The Bertz CT molecular complexity index is 309. The van der Waals surface area contributed by atoms with E-state index in [2.05, 4.69) is 34.4 Å². The van der Waals surface area contributed by atoms with Gasteiger partial charge < -0.3 is 16.4 Å². The van der Waals surface area contributed by atoms with Gasteiger partial charge in [-0.15, -0.1) is 0 Å². The third-order valence-corrected chi connectivity index (χ3v) is 2.34. The van der Waals surface area contributed by atoms with Crippen LogP contribution in [0, 0.1) is 0 Å². The molecule has 0 fully saturated rings. The summed E-state index contributed by atoms with van der Waals surface area (Å²) in [5.74, 6) is 1.80. The molecule has 5 nitrogen and oxygen atoms in total. The van der Waals surface area contributed by atoms with Crippen molar-refractivity contribution >= 4 is 17.6 Å². The zero-order chi connectivity index (χ0) is 11.3. The van der Waals surface area contributed by atoms with Gasteiger partial charge in [0.25, 0.3) is 0 Å². The highest BCUT2D eigenvalue weighted by Gasteiger charge is 2.06. The third-order valence-electron chi connectivity index (χ3n) is 2.34. The Hall–Kier alpha value is -1.52. The van der Waals surface area contributed by atoms with E-state index in [1.54, 1.807) is 0 Å². The van der Waals surface area contributed by atoms with Gasteiger partial charge in [0, 0.05) is 19.2 Å². The highest BCUT2D eigenvalue weighted by Crippen LogP contribution is 2.14. The van der Waals surface area contributed by atoms with Crippen LogP contribution >= 0.6 is 0 Å². The molecule has 0 aromatic carbocycles. The Labute approximate surface area is 90.5 Å². The van der Waals surface area contributed by atoms with Gasteiger partial charge in [-0.2, -0.15) is 9.97 Å². The number of hydrogen-bond donors (Lipinski definition) is 3. The first-order valence-corrected chi connectivity index (χ1v) is 5.28. The van der Waals surface area contributed by atoms with Crippen molar-refractivity contribution in [2.45, 2.75) is 32.7 Å². The molecule has 0 aliphatic rings. The lowest BCUT2D eigenvalue weighted by atomic mass is 10.2. The van der Waals surface area contributed by atoms with Crippen LogP contribution in [0.25, 0.3) is 0 Å². The van der Waals surface area contributed by atoms with Crippen LogP contribution in [0.2, 0.25) is 0 Å². The van der Waals surface area contributed by atoms with Crippen molar-refractivity contribution in [1.29, 1.82) is 0 Å². The molecule has 4 N–H and O–H groups in total. The van der Waals surface area contributed by atoms with Crippen molar-refractivity contribution in [2.75, 3.05) is 23.4 Å². The molecule has 15 heavy (non-hydrogen) atoms. The molecule has 0 saturated carbocycles. The molecule has 1 aromatic rings. The number of nitrogens with two attached hydrogens (primary N) is 1. The fraction of sp³-hybridized carbons (Fsp3) is 0.600. The topological polar surface area (TPSA) is 75.9 Å². The number of anilines is 3. The number of aromatic nitrogens is 2. The molecule has 0 unspecified atom stereocenters. The molecular formula is C10H19N5. The maximum Gasteiger partial charge on any atom is 0.223 e. The van der Waals surface area contributed by atoms with E-state index in [4.69, 9.17) is 5.73 Å². The van der Waals surface area contributed by atoms with Crippen LogP contribution < -0.4 is 16.4 Å². The van der Waals surface area contributed by atoms with E-state index >= 15 is 0 Å². The summed E-state index contributed by atoms with van der Waals surface area (Å²) in [5.41, 5.74) is 5.59. The first-order valence-electron chi connectivity index (χ1n) is 5.28. The minimum absolute atomic E-state index is 0.287. The Kier molecular flexibility index (Phi) is 4.15. The van der Waals surface area contributed by atoms with Crippen LogP contribution in [-0.2, 0) is 0 Å². The van der Waals surface area contributed by atoms with Crippen LogP contribution in [0.5, 0.6) is 0 Å². The maximum absolute atomic E-state index is 5.59. The molecule has 0 saturated heterocycles. The molecule has 0 spiro atoms. The third kappa shape index (κ3) is 3.27. The summed E-state index contributed by atoms with van der Waals surface area (Å²) in [6.45, 7) is 4.29. The van der Waals surface area contributed by atoms with Gasteiger partial charge in [0.2, 0.25) is 5.95 Å². The van der Waals surface area contributed by atoms with Crippen LogP contribution in [0.3, 0.4) is 0 Å². The Balaban J connectivity index is 2.79. The summed E-state index contributed by atoms with van der Waals surface area (Å²) in [5, 5.41) is 6.27. The maximum atomic E-state index is 5.59. The van der Waals surface area contributed by atoms with Crippen LogP contribution in [0.4, 0.5) is 17.6 Å². The number of rotatable bonds is 5. The van der Waals surface area contributed by atoms with Gasteiger partial charge in [-0.05, 0) is 12.8 Å². The SMILES string of the molecule is CCC(CC)Nc1cc(NC)nc(N)n1. The lowest BCUT2D eigenvalue weighted by Gasteiger charge is -2.15. The van der Waals surface area contributed by atoms with E-state index in [9.17, 15) is 0 Å². The van der Waals surface area contributed by atoms with Gasteiger partial charge in [0.05, 0.1) is 0 Å². The van der Waals surface area contributed by atoms with E-state index in [0.29, 0.717) is 6.04 Å². The molecule has 0 aliphatic carbocycles. The fourth-order valence-corrected chi connectivity index (χ4v) is 1.37. The van der Waals surface area contributed by atoms with Crippen LogP contribution in [0.1, 0.15) is 26.7 Å². The molecule has 0 bridgehead atoms. The van der Waals surface area contributed by atoms with E-state index in [0.717, 1.165) is 24.5 Å². The molecule has 84 valence electrons. The summed E-state index contributed by atoms with van der Waals surface area (Å²) < 4.78 is 0. The van der Waals surface area contributed by atoms with E-state index < -0.39 is 0 Å². The smallest absolute Gasteiger partial charge is 0.223 e. The van der Waals surface area contributed by atoms with Crippen molar-refractivity contribution in [3.8, 4) is 0 Å². The van der Waals surface area contributed by atoms with Crippen molar-refractivity contribution in [2.24, 2.45) is 0 Å². The lowest BCUT2D eigenvalue weighted by molar-refractivity contribution is 0.668. The van der Waals surface area contributed by atoms with Gasteiger partial charge in [-0.25, -0.2) is 0 Å². The summed E-state index contributed by atoms with van der Waals surface area (Å²) in [6.07, 6.45) is 2.13. The second kappa shape index (κ2) is 5.38. The summed E-state index contributed by atoms with van der Waals surface area (Å²) >= 11 is 0. The molecule has 1 rings (SSSR count). The number of nitrogens with zero attached hydrogens (tertiary/aromatic N) is 2. The molecule has 0 aliphatic heterocycles. The molecule has 1 aromatic heterocycles. The average Bonchev–Trinajstić information content (AvgIpc) is 2.25. The average molecular weight is 209 g/mol. The van der Waals surface area contributed by atoms with Gasteiger partial charge in [-0.1, -0.05) is 13.8 Å². The van der Waals surface area contributed by atoms with Crippen molar-refractivity contribution < 1.29 is 0 Å². The quantitative estimate of drug-likeness (QED) is 0.688. The number of nitrogen functional groups attached to an aromatic ring is 1. The van der Waals surface area contributed by atoms with Crippen LogP contribution in [0.15, 0.2) is 6.07 Å². The first-order chi connectivity index (χ1) is 7.19. The molecule has 5 heteroatoms. The van der Waals surface area contributed by atoms with E-state index in [1.165, 1.54) is 0 Å². The Morgan fingerprint density at radius 2 is 1.87 bits per heavy atom. The van der Waals surface area contributed by atoms with E-state index in [1.807, 2.05) is 13.1 Å². The van der Waals surface area contributed by atoms with Gasteiger partial charge >= 0.3 is 0 Å². The zero-order valence-corrected chi connectivity index (χ0v) is 9.54. The predicted octanol–water partition coefficient (Wildman–Crippen LogP) is 1.70. The van der Waals surface area contributed by atoms with Gasteiger partial charge in [0.1, 0.15) is 11.6 Å². The molecule has 0 radical (unpaired) electrons. The van der Waals surface area contributed by atoms with E-state index in [-0.39, 0.29) is 5.95 Å². The van der Waals surface area contributed by atoms with Crippen molar-refractivity contribution in [3.63, 3.8) is 0 Å². The minimum Gasteiger partial charge on any atom is -0.373 e. The van der Waals surface area contributed by atoms with Gasteiger partial charge in [-0.3, -0.25) is 0 Å². The Morgan fingerprint density at radius 1 is 1.27 bits per heavy atom. The second-order valence-electron chi connectivity index (χ2n) is 3.40. The molecule has 0 amide bonds. The molecule has 1 heterocycles. The summed E-state index contributed by atoms with van der Waals surface area (Å²) in [6, 6.07) is 2.29. The summed E-state index contributed by atoms with van der Waals surface area (Å²) in [7, 11) is 1.81. The molecule has 0 atom stereocenters. The highest BCUT2D eigenvalue weighted by molar-refractivity contribution is 5.51. The second-order valence-corrected chi connectivity index (χ2v) is 3.40. The Morgan fingerprint density at radius 3 is 2.40 bits per heavy atom. The first kappa shape index (κ1) is 11.6. The number of nitrogens with one attached hydrogen (secondary N) is 2. The number of hydrogen-bond acceptors (Lipinski definition) is 5. The lowest BCUT2D eigenvalue weighted by Crippen LogP contribution is -2.18. The zero-order valence-electron chi connectivity index (χ0n) is 9.54. The van der Waals surface area contributed by atoms with Crippen molar-refractivity contribution in [1.82, 2.24) is 9.97 Å². The van der Waals surface area contributed by atoms with Crippen molar-refractivity contribution in [3.05, 3.63) is 6.07 Å². The predicted molar refractivity (Wildman–Crippen MR) is 64.0 cm³/mol. The van der Waals surface area contributed by atoms with Crippen LogP contribution in [-0.4, -0.2) is 23.1 Å². The largest absolute Gasteiger partial charge is 0.373 e. The standard InChI is InChI=1S/C10H19N5/c1-4-7(5-2)13-9-6-8(12-3)14-10(11)15-9/h6-7H,4-5H2,1-3H3,(H4,11,12,13,14,15). The van der Waals surface area contributed by atoms with Gasteiger partial charge in [0.15, 0.2) is 0 Å². The molecular weight excluding hydrogens is 190 g/mol. The monoisotopic (exact) mass is 209 g/mol. The highest BCUT2D eigenvalue weighted by atomic mass is 15.1. The normalized spacial score (nSPS) is 10.4. The fourth-order valence-electron chi connectivity index (χ4n) is 1.37.